The first-order chi connectivity index (χ1) is 9.91. The maximum Gasteiger partial charge on any atom is 0.162 e. The van der Waals surface area contributed by atoms with Crippen molar-refractivity contribution < 1.29 is 9.53 Å². The lowest BCUT2D eigenvalue weighted by atomic mass is 9.75. The fourth-order valence-corrected chi connectivity index (χ4v) is 3.02. The van der Waals surface area contributed by atoms with Gasteiger partial charge in [0.15, 0.2) is 5.78 Å². The van der Waals surface area contributed by atoms with Gasteiger partial charge < -0.3 is 10.5 Å². The molecular weight excluding hydrogens is 262 g/mol. The summed E-state index contributed by atoms with van der Waals surface area (Å²) in [6.45, 7) is 8.10. The molecule has 1 heterocycles. The molecule has 0 spiro atoms. The zero-order valence-corrected chi connectivity index (χ0v) is 13.4. The van der Waals surface area contributed by atoms with Gasteiger partial charge in [-0.05, 0) is 54.5 Å². The van der Waals surface area contributed by atoms with Crippen LogP contribution in [0.1, 0.15) is 56.0 Å². The molecule has 1 atom stereocenters. The maximum absolute atomic E-state index is 12.4. The van der Waals surface area contributed by atoms with E-state index in [1.807, 2.05) is 18.2 Å². The summed E-state index contributed by atoms with van der Waals surface area (Å²) in [6, 6.07) is 5.82. The summed E-state index contributed by atoms with van der Waals surface area (Å²) in [7, 11) is 0. The van der Waals surface area contributed by atoms with Crippen LogP contribution in [0.5, 0.6) is 5.75 Å². The molecule has 0 saturated carbocycles. The second kappa shape index (κ2) is 6.61. The van der Waals surface area contributed by atoms with Crippen molar-refractivity contribution in [3.63, 3.8) is 0 Å². The molecule has 2 rings (SSSR count). The lowest BCUT2D eigenvalue weighted by molar-refractivity contribution is 0.0957. The quantitative estimate of drug-likeness (QED) is 0.814. The van der Waals surface area contributed by atoms with E-state index in [0.29, 0.717) is 18.9 Å². The Labute approximate surface area is 127 Å². The first-order valence-corrected chi connectivity index (χ1v) is 7.91. The number of carbonyl (C=O) groups is 1. The minimum atomic E-state index is 0.200. The summed E-state index contributed by atoms with van der Waals surface area (Å²) in [5.41, 5.74) is 7.89. The molecule has 116 valence electrons. The van der Waals surface area contributed by atoms with E-state index in [9.17, 15) is 4.79 Å². The van der Waals surface area contributed by atoms with Crippen LogP contribution in [0.3, 0.4) is 0 Å². The Morgan fingerprint density at radius 2 is 2.10 bits per heavy atom. The standard InChI is InChI=1S/C18H27NO2/c1-18(2,3)15(8-10-19)5-6-16(20)13-4-7-17-14(12-13)9-11-21-17/h4,7,12,15H,5-6,8-11,19H2,1-3H3. The van der Waals surface area contributed by atoms with Crippen molar-refractivity contribution in [3.05, 3.63) is 29.3 Å². The second-order valence-corrected chi connectivity index (χ2v) is 7.02. The van der Waals surface area contributed by atoms with E-state index in [-0.39, 0.29) is 11.2 Å². The fraction of sp³-hybridized carbons (Fsp3) is 0.611. The molecule has 0 bridgehead atoms. The number of carbonyl (C=O) groups excluding carboxylic acids is 1. The summed E-state index contributed by atoms with van der Waals surface area (Å²) in [5.74, 6) is 1.66. The van der Waals surface area contributed by atoms with E-state index in [1.54, 1.807) is 0 Å². The highest BCUT2D eigenvalue weighted by atomic mass is 16.5. The molecule has 1 aromatic carbocycles. The van der Waals surface area contributed by atoms with Gasteiger partial charge in [-0.3, -0.25) is 4.79 Å². The van der Waals surface area contributed by atoms with Gasteiger partial charge in [0.05, 0.1) is 6.61 Å². The Kier molecular flexibility index (Phi) is 5.04. The van der Waals surface area contributed by atoms with E-state index in [0.717, 1.165) is 42.7 Å². The van der Waals surface area contributed by atoms with Crippen molar-refractivity contribution in [2.24, 2.45) is 17.1 Å². The zero-order chi connectivity index (χ0) is 15.5. The molecule has 1 aliphatic rings. The van der Waals surface area contributed by atoms with Crippen LogP contribution in [0.25, 0.3) is 0 Å². The topological polar surface area (TPSA) is 52.3 Å². The Bertz CT molecular complexity index is 502. The van der Waals surface area contributed by atoms with Crippen LogP contribution in [-0.4, -0.2) is 18.9 Å². The highest BCUT2D eigenvalue weighted by Crippen LogP contribution is 2.33. The van der Waals surface area contributed by atoms with Crippen LogP contribution in [0, 0.1) is 11.3 Å². The summed E-state index contributed by atoms with van der Waals surface area (Å²) in [4.78, 5) is 12.4. The molecule has 0 radical (unpaired) electrons. The van der Waals surface area contributed by atoms with Crippen LogP contribution in [0.15, 0.2) is 18.2 Å². The third kappa shape index (κ3) is 4.07. The normalized spacial score (nSPS) is 15.4. The van der Waals surface area contributed by atoms with Crippen LogP contribution in [-0.2, 0) is 6.42 Å². The molecule has 3 nitrogen and oxygen atoms in total. The van der Waals surface area contributed by atoms with E-state index < -0.39 is 0 Å². The number of ketones is 1. The second-order valence-electron chi connectivity index (χ2n) is 7.02. The van der Waals surface area contributed by atoms with E-state index in [1.165, 1.54) is 0 Å². The minimum Gasteiger partial charge on any atom is -0.493 e. The molecule has 0 fully saturated rings. The van der Waals surface area contributed by atoms with Gasteiger partial charge in [0.1, 0.15) is 5.75 Å². The maximum atomic E-state index is 12.4. The number of ether oxygens (including phenoxy) is 1. The molecule has 0 aliphatic carbocycles. The van der Waals surface area contributed by atoms with E-state index in [4.69, 9.17) is 10.5 Å². The molecule has 0 aromatic heterocycles. The Balaban J connectivity index is 1.98. The average Bonchev–Trinajstić information content (AvgIpc) is 2.89. The fourth-order valence-electron chi connectivity index (χ4n) is 3.02. The molecule has 3 heteroatoms. The number of rotatable bonds is 6. The summed E-state index contributed by atoms with van der Waals surface area (Å²) in [6.07, 6.45) is 3.40. The third-order valence-electron chi connectivity index (χ3n) is 4.47. The number of Topliss-reactive ketones (excluding diaryl/α,β-unsaturated/α-hetero) is 1. The lowest BCUT2D eigenvalue weighted by Crippen LogP contribution is -2.24. The Hall–Kier alpha value is -1.35. The first kappa shape index (κ1) is 16.0. The highest BCUT2D eigenvalue weighted by Gasteiger charge is 2.24. The number of hydrogen-bond acceptors (Lipinski definition) is 3. The third-order valence-corrected chi connectivity index (χ3v) is 4.47. The van der Waals surface area contributed by atoms with Gasteiger partial charge in [0.25, 0.3) is 0 Å². The molecule has 0 amide bonds. The van der Waals surface area contributed by atoms with Gasteiger partial charge in [-0.2, -0.15) is 0 Å². The molecule has 1 unspecified atom stereocenters. The largest absolute Gasteiger partial charge is 0.493 e. The van der Waals surface area contributed by atoms with Crippen LogP contribution < -0.4 is 10.5 Å². The van der Waals surface area contributed by atoms with Gasteiger partial charge in [0.2, 0.25) is 0 Å². The minimum absolute atomic E-state index is 0.200. The predicted molar refractivity (Wildman–Crippen MR) is 85.8 cm³/mol. The van der Waals surface area contributed by atoms with E-state index in [2.05, 4.69) is 20.8 Å². The van der Waals surface area contributed by atoms with Crippen LogP contribution in [0.4, 0.5) is 0 Å². The van der Waals surface area contributed by atoms with Gasteiger partial charge in [-0.25, -0.2) is 0 Å². The molecule has 0 saturated heterocycles. The Morgan fingerprint density at radius 3 is 2.76 bits per heavy atom. The average molecular weight is 289 g/mol. The summed E-state index contributed by atoms with van der Waals surface area (Å²) >= 11 is 0. The van der Waals surface area contributed by atoms with Gasteiger partial charge >= 0.3 is 0 Å². The van der Waals surface area contributed by atoms with Gasteiger partial charge in [0, 0.05) is 18.4 Å². The molecule has 1 aliphatic heterocycles. The zero-order valence-electron chi connectivity index (χ0n) is 13.4. The molecular formula is C18H27NO2. The monoisotopic (exact) mass is 289 g/mol. The Morgan fingerprint density at radius 1 is 1.33 bits per heavy atom. The summed E-state index contributed by atoms with van der Waals surface area (Å²) < 4.78 is 5.48. The molecule has 21 heavy (non-hydrogen) atoms. The van der Waals surface area contributed by atoms with Crippen molar-refractivity contribution >= 4 is 5.78 Å². The predicted octanol–water partition coefficient (Wildman–Crippen LogP) is 3.60. The first-order valence-electron chi connectivity index (χ1n) is 7.91. The van der Waals surface area contributed by atoms with Crippen LogP contribution in [0.2, 0.25) is 0 Å². The van der Waals surface area contributed by atoms with Gasteiger partial charge in [-0.15, -0.1) is 0 Å². The van der Waals surface area contributed by atoms with Crippen molar-refractivity contribution in [1.82, 2.24) is 0 Å². The number of benzene rings is 1. The molecule has 2 N–H and O–H groups in total. The van der Waals surface area contributed by atoms with Crippen molar-refractivity contribution in [1.29, 1.82) is 0 Å². The van der Waals surface area contributed by atoms with Crippen molar-refractivity contribution in [2.45, 2.75) is 46.5 Å². The number of hydrogen-bond donors (Lipinski definition) is 1. The number of fused-ring (bicyclic) bond motifs is 1. The van der Waals surface area contributed by atoms with Gasteiger partial charge in [-0.1, -0.05) is 20.8 Å². The highest BCUT2D eigenvalue weighted by molar-refractivity contribution is 5.96. The van der Waals surface area contributed by atoms with E-state index >= 15 is 0 Å². The number of nitrogens with two attached hydrogens (primary N) is 1. The lowest BCUT2D eigenvalue weighted by Gasteiger charge is -2.30. The van der Waals surface area contributed by atoms with Crippen molar-refractivity contribution in [3.8, 4) is 5.75 Å². The summed E-state index contributed by atoms with van der Waals surface area (Å²) in [5, 5.41) is 0. The van der Waals surface area contributed by atoms with Crippen molar-refractivity contribution in [2.75, 3.05) is 13.2 Å². The SMILES string of the molecule is CC(C)(C)C(CCN)CCC(=O)c1ccc2c(c1)CCO2. The van der Waals surface area contributed by atoms with Crippen LogP contribution >= 0.6 is 0 Å². The smallest absolute Gasteiger partial charge is 0.162 e. The molecule has 1 aromatic rings.